The summed E-state index contributed by atoms with van der Waals surface area (Å²) in [6.45, 7) is 1.04. The van der Waals surface area contributed by atoms with Gasteiger partial charge in [0, 0.05) is 16.8 Å². The normalized spacial score (nSPS) is 23.6. The van der Waals surface area contributed by atoms with Gasteiger partial charge in [-0.1, -0.05) is 11.6 Å². The van der Waals surface area contributed by atoms with E-state index < -0.39 is 0 Å². The molecule has 1 aliphatic rings. The largest absolute Gasteiger partial charge is 0.379 e. The van der Waals surface area contributed by atoms with Gasteiger partial charge in [0.2, 0.25) is 5.91 Å². The van der Waals surface area contributed by atoms with Gasteiger partial charge in [-0.2, -0.15) is 0 Å². The maximum Gasteiger partial charge on any atom is 0.231 e. The molecule has 1 aromatic rings. The van der Waals surface area contributed by atoms with Crippen molar-refractivity contribution >= 4 is 23.2 Å². The van der Waals surface area contributed by atoms with Crippen LogP contribution in [0.1, 0.15) is 0 Å². The van der Waals surface area contributed by atoms with Gasteiger partial charge < -0.3 is 15.4 Å². The molecule has 0 saturated carbocycles. The number of anilines is 1. The number of amides is 1. The minimum atomic E-state index is -0.143. The van der Waals surface area contributed by atoms with Crippen LogP contribution in [0.25, 0.3) is 0 Å². The van der Waals surface area contributed by atoms with Crippen molar-refractivity contribution in [3.63, 3.8) is 0 Å². The molecule has 4 nitrogen and oxygen atoms in total. The van der Waals surface area contributed by atoms with E-state index in [0.717, 1.165) is 5.69 Å². The summed E-state index contributed by atoms with van der Waals surface area (Å²) in [5.41, 5.74) is 0.751. The number of carbonyl (C=O) groups is 1. The number of hydrogen-bond acceptors (Lipinski definition) is 3. The zero-order valence-electron chi connectivity index (χ0n) is 9.57. The fraction of sp³-hybridized carbons (Fsp3) is 0.417. The summed E-state index contributed by atoms with van der Waals surface area (Å²) in [7, 11) is 1.84. The Kier molecular flexibility index (Phi) is 3.99. The number of hydrogen-bond donors (Lipinski definition) is 2. The van der Waals surface area contributed by atoms with Crippen LogP contribution in [0.15, 0.2) is 24.3 Å². The van der Waals surface area contributed by atoms with Gasteiger partial charge in [0.05, 0.1) is 19.1 Å². The summed E-state index contributed by atoms with van der Waals surface area (Å²) in [6.07, 6.45) is 0. The van der Waals surface area contributed by atoms with E-state index in [-0.39, 0.29) is 17.9 Å². The van der Waals surface area contributed by atoms with Crippen LogP contribution in [0.3, 0.4) is 0 Å². The second-order valence-electron chi connectivity index (χ2n) is 4.04. The summed E-state index contributed by atoms with van der Waals surface area (Å²) >= 11 is 5.78. The smallest absolute Gasteiger partial charge is 0.231 e. The molecule has 5 heteroatoms. The molecule has 2 atom stereocenters. The van der Waals surface area contributed by atoms with Gasteiger partial charge in [0.1, 0.15) is 0 Å². The van der Waals surface area contributed by atoms with E-state index in [2.05, 4.69) is 10.6 Å². The first-order valence-corrected chi connectivity index (χ1v) is 5.90. The third-order valence-electron chi connectivity index (χ3n) is 2.90. The fourth-order valence-corrected chi connectivity index (χ4v) is 1.99. The SMILES string of the molecule is CNC1COCC1C(=O)Nc1ccc(Cl)cc1. The standard InChI is InChI=1S/C12H15ClN2O2/c1-14-11-7-17-6-10(11)12(16)15-9-4-2-8(13)3-5-9/h2-5,10-11,14H,6-7H2,1H3,(H,15,16). The number of carbonyl (C=O) groups excluding carboxylic acids is 1. The molecule has 0 aliphatic carbocycles. The van der Waals surface area contributed by atoms with E-state index in [1.54, 1.807) is 24.3 Å². The monoisotopic (exact) mass is 254 g/mol. The molecule has 17 heavy (non-hydrogen) atoms. The zero-order valence-corrected chi connectivity index (χ0v) is 10.3. The highest BCUT2D eigenvalue weighted by atomic mass is 35.5. The van der Waals surface area contributed by atoms with Crippen molar-refractivity contribution in [1.82, 2.24) is 5.32 Å². The minimum Gasteiger partial charge on any atom is -0.379 e. The van der Waals surface area contributed by atoms with E-state index >= 15 is 0 Å². The van der Waals surface area contributed by atoms with E-state index in [1.165, 1.54) is 0 Å². The van der Waals surface area contributed by atoms with Crippen molar-refractivity contribution in [2.45, 2.75) is 6.04 Å². The van der Waals surface area contributed by atoms with Crippen molar-refractivity contribution in [3.8, 4) is 0 Å². The lowest BCUT2D eigenvalue weighted by molar-refractivity contribution is -0.120. The highest BCUT2D eigenvalue weighted by Crippen LogP contribution is 2.18. The van der Waals surface area contributed by atoms with Crippen molar-refractivity contribution in [1.29, 1.82) is 0 Å². The number of nitrogens with one attached hydrogen (secondary N) is 2. The van der Waals surface area contributed by atoms with E-state index in [1.807, 2.05) is 7.05 Å². The molecule has 0 spiro atoms. The molecule has 0 radical (unpaired) electrons. The molecule has 2 N–H and O–H groups in total. The summed E-state index contributed by atoms with van der Waals surface area (Å²) in [4.78, 5) is 12.0. The number of benzene rings is 1. The molecule has 2 rings (SSSR count). The van der Waals surface area contributed by atoms with E-state index in [0.29, 0.717) is 18.2 Å². The van der Waals surface area contributed by atoms with Crippen LogP contribution in [0.5, 0.6) is 0 Å². The van der Waals surface area contributed by atoms with Crippen molar-refractivity contribution in [2.24, 2.45) is 5.92 Å². The quantitative estimate of drug-likeness (QED) is 0.860. The molecular weight excluding hydrogens is 240 g/mol. The molecule has 1 amide bonds. The Morgan fingerprint density at radius 1 is 1.35 bits per heavy atom. The summed E-state index contributed by atoms with van der Waals surface area (Å²) in [6, 6.07) is 7.15. The van der Waals surface area contributed by atoms with Gasteiger partial charge >= 0.3 is 0 Å². The molecule has 1 aromatic carbocycles. The van der Waals surface area contributed by atoms with Crippen molar-refractivity contribution in [2.75, 3.05) is 25.6 Å². The summed E-state index contributed by atoms with van der Waals surface area (Å²) in [5.74, 6) is -0.167. The number of likely N-dealkylation sites (N-methyl/N-ethyl adjacent to an activating group) is 1. The van der Waals surface area contributed by atoms with E-state index in [9.17, 15) is 4.79 Å². The average molecular weight is 255 g/mol. The van der Waals surface area contributed by atoms with Crippen molar-refractivity contribution < 1.29 is 9.53 Å². The Morgan fingerprint density at radius 2 is 2.06 bits per heavy atom. The predicted octanol–water partition coefficient (Wildman–Crippen LogP) is 1.51. The summed E-state index contributed by atoms with van der Waals surface area (Å²) in [5, 5.41) is 6.59. The highest BCUT2D eigenvalue weighted by Gasteiger charge is 2.32. The van der Waals surface area contributed by atoms with Crippen LogP contribution in [0.2, 0.25) is 5.02 Å². The Bertz CT molecular complexity index is 394. The predicted molar refractivity (Wildman–Crippen MR) is 67.2 cm³/mol. The first kappa shape index (κ1) is 12.4. The first-order chi connectivity index (χ1) is 8.20. The molecule has 1 heterocycles. The summed E-state index contributed by atoms with van der Waals surface area (Å²) < 4.78 is 5.29. The average Bonchev–Trinajstić information content (AvgIpc) is 2.80. The Hall–Kier alpha value is -1.10. The molecule has 92 valence electrons. The molecule has 2 unspecified atom stereocenters. The second kappa shape index (κ2) is 5.49. The topological polar surface area (TPSA) is 50.4 Å². The van der Waals surface area contributed by atoms with Crippen LogP contribution in [-0.2, 0) is 9.53 Å². The van der Waals surface area contributed by atoms with Gasteiger partial charge in [0.25, 0.3) is 0 Å². The Morgan fingerprint density at radius 3 is 2.71 bits per heavy atom. The fourth-order valence-electron chi connectivity index (χ4n) is 1.87. The zero-order chi connectivity index (χ0) is 12.3. The van der Waals surface area contributed by atoms with Crippen LogP contribution in [-0.4, -0.2) is 32.2 Å². The number of halogens is 1. The van der Waals surface area contributed by atoms with Crippen LogP contribution in [0.4, 0.5) is 5.69 Å². The minimum absolute atomic E-state index is 0.0239. The van der Waals surface area contributed by atoms with Crippen molar-refractivity contribution in [3.05, 3.63) is 29.3 Å². The highest BCUT2D eigenvalue weighted by molar-refractivity contribution is 6.30. The molecule has 1 fully saturated rings. The molecular formula is C12H15ClN2O2. The van der Waals surface area contributed by atoms with Gasteiger partial charge in [-0.15, -0.1) is 0 Å². The van der Waals surface area contributed by atoms with Gasteiger partial charge in [-0.3, -0.25) is 4.79 Å². The van der Waals surface area contributed by atoms with Crippen LogP contribution in [0, 0.1) is 5.92 Å². The molecule has 1 saturated heterocycles. The van der Waals surface area contributed by atoms with Gasteiger partial charge in [0.15, 0.2) is 0 Å². The third kappa shape index (κ3) is 2.97. The lowest BCUT2D eigenvalue weighted by Gasteiger charge is -2.16. The lowest BCUT2D eigenvalue weighted by Crippen LogP contribution is -2.39. The number of rotatable bonds is 3. The van der Waals surface area contributed by atoms with Gasteiger partial charge in [-0.25, -0.2) is 0 Å². The number of ether oxygens (including phenoxy) is 1. The third-order valence-corrected chi connectivity index (χ3v) is 3.15. The maximum atomic E-state index is 12.0. The van der Waals surface area contributed by atoms with Crippen LogP contribution >= 0.6 is 11.6 Å². The molecule has 0 bridgehead atoms. The van der Waals surface area contributed by atoms with Crippen LogP contribution < -0.4 is 10.6 Å². The second-order valence-corrected chi connectivity index (χ2v) is 4.47. The first-order valence-electron chi connectivity index (χ1n) is 5.52. The maximum absolute atomic E-state index is 12.0. The molecule has 1 aliphatic heterocycles. The van der Waals surface area contributed by atoms with Gasteiger partial charge in [-0.05, 0) is 31.3 Å². The van der Waals surface area contributed by atoms with E-state index in [4.69, 9.17) is 16.3 Å². The Balaban J connectivity index is 1.99. The lowest BCUT2D eigenvalue weighted by atomic mass is 10.0. The molecule has 0 aromatic heterocycles. The Labute approximate surface area is 105 Å².